The number of halogens is 2. The van der Waals surface area contributed by atoms with Crippen LogP contribution in [0.15, 0.2) is 42.7 Å². The third-order valence-electron chi connectivity index (χ3n) is 5.75. The van der Waals surface area contributed by atoms with Crippen LogP contribution in [-0.2, 0) is 11.2 Å². The Labute approximate surface area is 193 Å². The molecular formula is C22H25Cl2N5O2. The summed E-state index contributed by atoms with van der Waals surface area (Å²) in [5, 5.41) is 2.93. The zero-order chi connectivity index (χ0) is 20.0. The SMILES string of the molecule is Cc1ccn2cc(C(=O)N3CCN(c4ccc5c(c4)CCC(=O)N5)CC3)nc2c1.Cl.Cl. The lowest BCUT2D eigenvalue weighted by Gasteiger charge is -2.36. The molecule has 1 saturated heterocycles. The number of benzene rings is 1. The molecule has 5 rings (SSSR count). The molecule has 0 saturated carbocycles. The van der Waals surface area contributed by atoms with Gasteiger partial charge in [0.15, 0.2) is 0 Å². The number of aromatic nitrogens is 2. The van der Waals surface area contributed by atoms with Crippen molar-refractivity contribution in [3.8, 4) is 0 Å². The molecule has 9 heteroatoms. The second-order valence-electron chi connectivity index (χ2n) is 7.76. The van der Waals surface area contributed by atoms with Crippen molar-refractivity contribution in [3.63, 3.8) is 0 Å². The van der Waals surface area contributed by atoms with Crippen molar-refractivity contribution < 1.29 is 9.59 Å². The summed E-state index contributed by atoms with van der Waals surface area (Å²) in [4.78, 5) is 33.1. The zero-order valence-electron chi connectivity index (χ0n) is 17.2. The summed E-state index contributed by atoms with van der Waals surface area (Å²) in [6, 6.07) is 10.2. The highest BCUT2D eigenvalue weighted by Crippen LogP contribution is 2.28. The van der Waals surface area contributed by atoms with Crippen LogP contribution in [0.25, 0.3) is 5.65 Å². The quantitative estimate of drug-likeness (QED) is 0.635. The lowest BCUT2D eigenvalue weighted by Crippen LogP contribution is -2.49. The molecule has 31 heavy (non-hydrogen) atoms. The number of nitrogens with one attached hydrogen (secondary N) is 1. The average Bonchev–Trinajstić information content (AvgIpc) is 3.16. The summed E-state index contributed by atoms with van der Waals surface area (Å²) in [6.45, 7) is 4.91. The second kappa shape index (κ2) is 9.16. The molecule has 164 valence electrons. The number of amides is 2. The Balaban J connectivity index is 0.00000136. The highest BCUT2D eigenvalue weighted by molar-refractivity contribution is 5.94. The molecule has 2 amide bonds. The predicted molar refractivity (Wildman–Crippen MR) is 126 cm³/mol. The van der Waals surface area contributed by atoms with Crippen molar-refractivity contribution in [2.45, 2.75) is 19.8 Å². The van der Waals surface area contributed by atoms with Crippen molar-refractivity contribution >= 4 is 53.7 Å². The van der Waals surface area contributed by atoms with Crippen molar-refractivity contribution in [1.29, 1.82) is 0 Å². The van der Waals surface area contributed by atoms with Gasteiger partial charge in [0.1, 0.15) is 11.3 Å². The number of imidazole rings is 1. The maximum Gasteiger partial charge on any atom is 0.274 e. The second-order valence-corrected chi connectivity index (χ2v) is 7.76. The Morgan fingerprint density at radius 2 is 1.81 bits per heavy atom. The summed E-state index contributed by atoms with van der Waals surface area (Å²) in [6.07, 6.45) is 5.06. The Bertz CT molecular complexity index is 1120. The molecule has 2 aliphatic heterocycles. The van der Waals surface area contributed by atoms with Gasteiger partial charge in [-0.05, 0) is 54.8 Å². The molecule has 0 radical (unpaired) electrons. The molecule has 1 fully saturated rings. The number of hydrogen-bond acceptors (Lipinski definition) is 4. The van der Waals surface area contributed by atoms with E-state index in [2.05, 4.69) is 21.3 Å². The van der Waals surface area contributed by atoms with E-state index < -0.39 is 0 Å². The number of rotatable bonds is 2. The maximum absolute atomic E-state index is 12.9. The molecule has 4 heterocycles. The largest absolute Gasteiger partial charge is 0.368 e. The van der Waals surface area contributed by atoms with Gasteiger partial charge in [-0.1, -0.05) is 0 Å². The van der Waals surface area contributed by atoms with Crippen LogP contribution in [0.3, 0.4) is 0 Å². The zero-order valence-corrected chi connectivity index (χ0v) is 18.8. The number of anilines is 2. The van der Waals surface area contributed by atoms with E-state index in [4.69, 9.17) is 0 Å². The minimum absolute atomic E-state index is 0. The molecule has 2 aliphatic rings. The number of hydrogen-bond donors (Lipinski definition) is 1. The minimum atomic E-state index is -0.0147. The first-order chi connectivity index (χ1) is 14.1. The van der Waals surface area contributed by atoms with Gasteiger partial charge in [0.25, 0.3) is 5.91 Å². The summed E-state index contributed by atoms with van der Waals surface area (Å²) >= 11 is 0. The number of pyridine rings is 1. The van der Waals surface area contributed by atoms with Gasteiger partial charge >= 0.3 is 0 Å². The first-order valence-electron chi connectivity index (χ1n) is 9.99. The Morgan fingerprint density at radius 3 is 2.58 bits per heavy atom. The van der Waals surface area contributed by atoms with E-state index in [1.165, 1.54) is 5.56 Å². The summed E-state index contributed by atoms with van der Waals surface area (Å²) in [7, 11) is 0. The first-order valence-corrected chi connectivity index (χ1v) is 9.99. The van der Waals surface area contributed by atoms with Gasteiger partial charge in [0.05, 0.1) is 0 Å². The fourth-order valence-corrected chi connectivity index (χ4v) is 4.08. The van der Waals surface area contributed by atoms with E-state index in [9.17, 15) is 9.59 Å². The van der Waals surface area contributed by atoms with Gasteiger partial charge in [0, 0.05) is 56.4 Å². The number of piperazine rings is 1. The molecule has 2 aromatic heterocycles. The van der Waals surface area contributed by atoms with Crippen LogP contribution >= 0.6 is 24.8 Å². The van der Waals surface area contributed by atoms with Crippen molar-refractivity contribution in [1.82, 2.24) is 14.3 Å². The van der Waals surface area contributed by atoms with Gasteiger partial charge in [-0.3, -0.25) is 9.59 Å². The number of carbonyl (C=O) groups is 2. The molecule has 3 aromatic rings. The lowest BCUT2D eigenvalue weighted by molar-refractivity contribution is -0.116. The molecule has 0 bridgehead atoms. The molecule has 1 N–H and O–H groups in total. The first kappa shape index (κ1) is 22.9. The molecule has 0 unspecified atom stereocenters. The van der Waals surface area contributed by atoms with Crippen molar-refractivity contribution in [2.75, 3.05) is 36.4 Å². The molecule has 0 aliphatic carbocycles. The molecule has 7 nitrogen and oxygen atoms in total. The van der Waals surface area contributed by atoms with Crippen LogP contribution < -0.4 is 10.2 Å². The third kappa shape index (κ3) is 4.48. The Kier molecular flexibility index (Phi) is 6.77. The van der Waals surface area contributed by atoms with Gasteiger partial charge in [0.2, 0.25) is 5.91 Å². The highest BCUT2D eigenvalue weighted by Gasteiger charge is 2.25. The lowest BCUT2D eigenvalue weighted by atomic mass is 10.0. The van der Waals surface area contributed by atoms with Gasteiger partial charge in [-0.15, -0.1) is 24.8 Å². The molecule has 1 aromatic carbocycles. The van der Waals surface area contributed by atoms with E-state index in [0.29, 0.717) is 25.2 Å². The van der Waals surface area contributed by atoms with Crippen LogP contribution in [0, 0.1) is 6.92 Å². The standard InChI is InChI=1S/C22H23N5O2.2ClH/c1-15-6-7-27-14-19(23-20(27)12-15)22(29)26-10-8-25(9-11-26)17-3-4-18-16(13-17)2-5-21(28)24-18;;/h3-4,6-7,12-14H,2,5,8-11H2,1H3,(H,24,28);2*1H. The van der Waals surface area contributed by atoms with Crippen molar-refractivity contribution in [2.24, 2.45) is 0 Å². The fourth-order valence-electron chi connectivity index (χ4n) is 4.08. The number of carbonyl (C=O) groups excluding carboxylic acids is 2. The van der Waals surface area contributed by atoms with E-state index >= 15 is 0 Å². The Hall–Kier alpha value is -2.77. The summed E-state index contributed by atoms with van der Waals surface area (Å²) in [5.41, 5.74) is 5.67. The van der Waals surface area contributed by atoms with Crippen LogP contribution in [0.2, 0.25) is 0 Å². The van der Waals surface area contributed by atoms with E-state index in [-0.39, 0.29) is 36.6 Å². The van der Waals surface area contributed by atoms with E-state index in [0.717, 1.165) is 42.1 Å². The minimum Gasteiger partial charge on any atom is -0.368 e. The monoisotopic (exact) mass is 461 g/mol. The fraction of sp³-hybridized carbons (Fsp3) is 0.318. The van der Waals surface area contributed by atoms with Gasteiger partial charge < -0.3 is 19.5 Å². The average molecular weight is 462 g/mol. The smallest absolute Gasteiger partial charge is 0.274 e. The van der Waals surface area contributed by atoms with E-state index in [1.54, 1.807) is 6.20 Å². The van der Waals surface area contributed by atoms with Gasteiger partial charge in [-0.2, -0.15) is 0 Å². The molecular weight excluding hydrogens is 437 g/mol. The van der Waals surface area contributed by atoms with Crippen LogP contribution in [0.1, 0.15) is 28.0 Å². The normalized spacial score (nSPS) is 15.6. The van der Waals surface area contributed by atoms with Crippen LogP contribution in [-0.4, -0.2) is 52.3 Å². The van der Waals surface area contributed by atoms with Gasteiger partial charge in [-0.25, -0.2) is 4.98 Å². The Morgan fingerprint density at radius 1 is 1.03 bits per heavy atom. The predicted octanol–water partition coefficient (Wildman–Crippen LogP) is 3.33. The van der Waals surface area contributed by atoms with Crippen LogP contribution in [0.5, 0.6) is 0 Å². The summed E-state index contributed by atoms with van der Waals surface area (Å²) < 4.78 is 1.89. The third-order valence-corrected chi connectivity index (χ3v) is 5.75. The van der Waals surface area contributed by atoms with Crippen molar-refractivity contribution in [3.05, 3.63) is 59.5 Å². The number of nitrogens with zero attached hydrogens (tertiary/aromatic N) is 4. The maximum atomic E-state index is 12.9. The topological polar surface area (TPSA) is 70.0 Å². The number of aryl methyl sites for hydroxylation is 2. The highest BCUT2D eigenvalue weighted by atomic mass is 35.5. The molecule has 0 spiro atoms. The van der Waals surface area contributed by atoms with Crippen LogP contribution in [0.4, 0.5) is 11.4 Å². The van der Waals surface area contributed by atoms with E-state index in [1.807, 2.05) is 46.7 Å². The number of fused-ring (bicyclic) bond motifs is 2. The summed E-state index contributed by atoms with van der Waals surface area (Å²) in [5.74, 6) is 0.0682. The molecule has 0 atom stereocenters.